The summed E-state index contributed by atoms with van der Waals surface area (Å²) in [5.41, 5.74) is 5.79. The number of unbranched alkanes of at least 4 members (excludes halogenated alkanes) is 3. The van der Waals surface area contributed by atoms with E-state index in [1.807, 2.05) is 0 Å². The quantitative estimate of drug-likeness (QED) is 0.559. The maximum absolute atomic E-state index is 11.6. The Bertz CT molecular complexity index is 404. The molecule has 0 saturated heterocycles. The summed E-state index contributed by atoms with van der Waals surface area (Å²) in [6.07, 6.45) is 4.43. The smallest absolute Gasteiger partial charge is 0.226 e. The SMILES string of the molecule is CC(=O)c1csc(NC(=O)CCCCCCN)n1. The zero-order valence-corrected chi connectivity index (χ0v) is 11.4. The van der Waals surface area contributed by atoms with Crippen molar-refractivity contribution in [3.8, 4) is 0 Å². The van der Waals surface area contributed by atoms with Gasteiger partial charge >= 0.3 is 0 Å². The van der Waals surface area contributed by atoms with Crippen molar-refractivity contribution in [2.24, 2.45) is 5.73 Å². The molecule has 0 fully saturated rings. The van der Waals surface area contributed by atoms with E-state index in [4.69, 9.17) is 5.73 Å². The number of thiazole rings is 1. The van der Waals surface area contributed by atoms with Gasteiger partial charge in [0, 0.05) is 18.7 Å². The Labute approximate surface area is 111 Å². The van der Waals surface area contributed by atoms with Gasteiger partial charge in [-0.3, -0.25) is 9.59 Å². The Hall–Kier alpha value is -1.27. The largest absolute Gasteiger partial charge is 0.330 e. The molecule has 6 heteroatoms. The number of ketones is 1. The van der Waals surface area contributed by atoms with Gasteiger partial charge in [0.25, 0.3) is 0 Å². The summed E-state index contributed by atoms with van der Waals surface area (Å²) in [5, 5.41) is 4.84. The average Bonchev–Trinajstić information content (AvgIpc) is 2.77. The van der Waals surface area contributed by atoms with Gasteiger partial charge in [-0.25, -0.2) is 4.98 Å². The van der Waals surface area contributed by atoms with E-state index in [0.717, 1.165) is 25.7 Å². The van der Waals surface area contributed by atoms with Gasteiger partial charge < -0.3 is 11.1 Å². The Morgan fingerprint density at radius 1 is 1.33 bits per heavy atom. The highest BCUT2D eigenvalue weighted by Gasteiger charge is 2.08. The van der Waals surface area contributed by atoms with E-state index in [9.17, 15) is 9.59 Å². The van der Waals surface area contributed by atoms with Crippen LogP contribution in [0.3, 0.4) is 0 Å². The molecule has 0 radical (unpaired) electrons. The van der Waals surface area contributed by atoms with Crippen molar-refractivity contribution in [3.05, 3.63) is 11.1 Å². The molecule has 0 aliphatic heterocycles. The number of aromatic nitrogens is 1. The molecule has 0 bridgehead atoms. The van der Waals surface area contributed by atoms with E-state index in [-0.39, 0.29) is 11.7 Å². The predicted molar refractivity (Wildman–Crippen MR) is 72.9 cm³/mol. The molecule has 1 amide bonds. The normalized spacial score (nSPS) is 10.3. The number of nitrogens with two attached hydrogens (primary N) is 1. The van der Waals surface area contributed by atoms with Crippen LogP contribution in [0.2, 0.25) is 0 Å². The summed E-state index contributed by atoms with van der Waals surface area (Å²) in [6.45, 7) is 2.16. The summed E-state index contributed by atoms with van der Waals surface area (Å²) in [5.74, 6) is -0.138. The topological polar surface area (TPSA) is 85.1 Å². The van der Waals surface area contributed by atoms with Crippen molar-refractivity contribution in [1.29, 1.82) is 0 Å². The second-order valence-electron chi connectivity index (χ2n) is 4.10. The lowest BCUT2D eigenvalue weighted by atomic mass is 10.1. The minimum absolute atomic E-state index is 0.0489. The van der Waals surface area contributed by atoms with Gasteiger partial charge in [0.15, 0.2) is 10.9 Å². The van der Waals surface area contributed by atoms with Crippen molar-refractivity contribution in [2.45, 2.75) is 39.0 Å². The third-order valence-corrected chi connectivity index (χ3v) is 3.23. The van der Waals surface area contributed by atoms with Crippen molar-refractivity contribution < 1.29 is 9.59 Å². The fourth-order valence-corrected chi connectivity index (χ4v) is 2.22. The molecule has 5 nitrogen and oxygen atoms in total. The van der Waals surface area contributed by atoms with E-state index >= 15 is 0 Å². The lowest BCUT2D eigenvalue weighted by Gasteiger charge is -2.01. The Morgan fingerprint density at radius 2 is 2.06 bits per heavy atom. The predicted octanol–water partition coefficient (Wildman–Crippen LogP) is 2.19. The van der Waals surface area contributed by atoms with Crippen LogP contribution in [-0.4, -0.2) is 23.2 Å². The molecular formula is C12H19N3O2S. The number of carbonyl (C=O) groups excluding carboxylic acids is 2. The first-order valence-electron chi connectivity index (χ1n) is 6.10. The van der Waals surface area contributed by atoms with Crippen LogP contribution in [0, 0.1) is 0 Å². The second kappa shape index (κ2) is 7.94. The van der Waals surface area contributed by atoms with Crippen LogP contribution >= 0.6 is 11.3 Å². The van der Waals surface area contributed by atoms with Gasteiger partial charge in [0.1, 0.15) is 5.69 Å². The number of amides is 1. The fourth-order valence-electron chi connectivity index (χ4n) is 1.46. The van der Waals surface area contributed by atoms with Crippen LogP contribution in [0.15, 0.2) is 5.38 Å². The first-order valence-corrected chi connectivity index (χ1v) is 6.98. The minimum Gasteiger partial charge on any atom is -0.330 e. The molecule has 0 saturated carbocycles. The molecular weight excluding hydrogens is 250 g/mol. The summed E-state index contributed by atoms with van der Waals surface area (Å²) < 4.78 is 0. The summed E-state index contributed by atoms with van der Waals surface area (Å²) in [4.78, 5) is 26.6. The number of carbonyl (C=O) groups is 2. The van der Waals surface area contributed by atoms with Crippen LogP contribution in [0.25, 0.3) is 0 Å². The van der Waals surface area contributed by atoms with Crippen LogP contribution in [0.5, 0.6) is 0 Å². The van der Waals surface area contributed by atoms with Crippen molar-refractivity contribution in [1.82, 2.24) is 4.98 Å². The number of anilines is 1. The molecule has 1 aromatic heterocycles. The molecule has 100 valence electrons. The van der Waals surface area contributed by atoms with E-state index in [1.165, 1.54) is 18.3 Å². The molecule has 0 aromatic carbocycles. The van der Waals surface area contributed by atoms with Gasteiger partial charge in [0.2, 0.25) is 5.91 Å². The Kier molecular flexibility index (Phi) is 6.53. The summed E-state index contributed by atoms with van der Waals surface area (Å²) in [6, 6.07) is 0. The monoisotopic (exact) mass is 269 g/mol. The van der Waals surface area contributed by atoms with Crippen LogP contribution < -0.4 is 11.1 Å². The fraction of sp³-hybridized carbons (Fsp3) is 0.583. The molecule has 0 atom stereocenters. The van der Waals surface area contributed by atoms with Gasteiger partial charge in [-0.15, -0.1) is 11.3 Å². The van der Waals surface area contributed by atoms with E-state index in [2.05, 4.69) is 10.3 Å². The number of nitrogens with one attached hydrogen (secondary N) is 1. The molecule has 18 heavy (non-hydrogen) atoms. The number of hydrogen-bond donors (Lipinski definition) is 2. The molecule has 0 aliphatic carbocycles. The first kappa shape index (κ1) is 14.8. The lowest BCUT2D eigenvalue weighted by molar-refractivity contribution is -0.116. The number of nitrogens with zero attached hydrogens (tertiary/aromatic N) is 1. The van der Waals surface area contributed by atoms with Crippen LogP contribution in [-0.2, 0) is 4.79 Å². The third-order valence-electron chi connectivity index (χ3n) is 2.47. The molecule has 1 heterocycles. The van der Waals surface area contributed by atoms with Gasteiger partial charge in [-0.05, 0) is 19.4 Å². The Morgan fingerprint density at radius 3 is 2.67 bits per heavy atom. The number of hydrogen-bond acceptors (Lipinski definition) is 5. The third kappa shape index (κ3) is 5.37. The van der Waals surface area contributed by atoms with Crippen molar-refractivity contribution in [2.75, 3.05) is 11.9 Å². The standard InChI is InChI=1S/C12H19N3O2S/c1-9(16)10-8-18-12(14-10)15-11(17)6-4-2-3-5-7-13/h8H,2-7,13H2,1H3,(H,14,15,17). The van der Waals surface area contributed by atoms with Crippen LogP contribution in [0.4, 0.5) is 5.13 Å². The maximum Gasteiger partial charge on any atom is 0.226 e. The zero-order valence-electron chi connectivity index (χ0n) is 10.6. The molecule has 1 aromatic rings. The summed E-state index contributed by atoms with van der Waals surface area (Å²) >= 11 is 1.27. The minimum atomic E-state index is -0.0893. The van der Waals surface area contributed by atoms with E-state index < -0.39 is 0 Å². The number of rotatable bonds is 8. The van der Waals surface area contributed by atoms with Gasteiger partial charge in [-0.2, -0.15) is 0 Å². The van der Waals surface area contributed by atoms with E-state index in [1.54, 1.807) is 5.38 Å². The Balaban J connectivity index is 2.24. The van der Waals surface area contributed by atoms with Gasteiger partial charge in [0.05, 0.1) is 0 Å². The first-order chi connectivity index (χ1) is 8.63. The molecule has 3 N–H and O–H groups in total. The molecule has 0 aliphatic rings. The lowest BCUT2D eigenvalue weighted by Crippen LogP contribution is -2.11. The van der Waals surface area contributed by atoms with E-state index in [0.29, 0.717) is 23.8 Å². The highest BCUT2D eigenvalue weighted by atomic mass is 32.1. The second-order valence-corrected chi connectivity index (χ2v) is 4.95. The summed E-state index contributed by atoms with van der Waals surface area (Å²) in [7, 11) is 0. The average molecular weight is 269 g/mol. The highest BCUT2D eigenvalue weighted by molar-refractivity contribution is 7.14. The van der Waals surface area contributed by atoms with Crippen molar-refractivity contribution >= 4 is 28.2 Å². The highest BCUT2D eigenvalue weighted by Crippen LogP contribution is 2.16. The number of Topliss-reactive ketones (excluding diaryl/α,β-unsaturated/α-hetero) is 1. The zero-order chi connectivity index (χ0) is 13.4. The maximum atomic E-state index is 11.6. The van der Waals surface area contributed by atoms with Crippen LogP contribution in [0.1, 0.15) is 49.5 Å². The van der Waals surface area contributed by atoms with Crippen molar-refractivity contribution in [3.63, 3.8) is 0 Å². The molecule has 1 rings (SSSR count). The molecule has 0 spiro atoms. The molecule has 0 unspecified atom stereocenters. The van der Waals surface area contributed by atoms with Gasteiger partial charge in [-0.1, -0.05) is 12.8 Å².